The van der Waals surface area contributed by atoms with Gasteiger partial charge in [-0.25, -0.2) is 0 Å². The molecule has 3 aliphatic rings. The molecule has 2 atom stereocenters. The molecule has 146 valence electrons. The average Bonchev–Trinajstić information content (AvgIpc) is 3.16. The minimum Gasteiger partial charge on any atom is -0.399 e. The van der Waals surface area contributed by atoms with Gasteiger partial charge < -0.3 is 9.31 Å². The van der Waals surface area contributed by atoms with Crippen LogP contribution in [0.25, 0.3) is 11.3 Å². The SMILES string of the molecule is CC12CCC(C)(C1)c1cc(-c3ccc(B4OC(C)(C)C(C)(C)O4)cn3)ccc12. The van der Waals surface area contributed by atoms with Crippen molar-refractivity contribution in [3.05, 3.63) is 47.7 Å². The van der Waals surface area contributed by atoms with Gasteiger partial charge in [-0.2, -0.15) is 0 Å². The fraction of sp³-hybridized carbons (Fsp3) is 0.542. The van der Waals surface area contributed by atoms with E-state index in [9.17, 15) is 0 Å². The molecule has 0 spiro atoms. The topological polar surface area (TPSA) is 31.4 Å². The summed E-state index contributed by atoms with van der Waals surface area (Å²) in [4.78, 5) is 4.76. The molecule has 0 amide bonds. The summed E-state index contributed by atoms with van der Waals surface area (Å²) >= 11 is 0. The minimum absolute atomic E-state index is 0.332. The highest BCUT2D eigenvalue weighted by Gasteiger charge is 2.53. The van der Waals surface area contributed by atoms with Crippen LogP contribution < -0.4 is 5.46 Å². The lowest BCUT2D eigenvalue weighted by Gasteiger charge is -2.32. The molecule has 2 aliphatic carbocycles. The van der Waals surface area contributed by atoms with Crippen molar-refractivity contribution >= 4 is 12.6 Å². The number of fused-ring (bicyclic) bond motifs is 5. The molecule has 0 radical (unpaired) electrons. The normalized spacial score (nSPS) is 32.0. The van der Waals surface area contributed by atoms with Crippen molar-refractivity contribution in [2.75, 3.05) is 0 Å². The fourth-order valence-electron chi connectivity index (χ4n) is 5.47. The largest absolute Gasteiger partial charge is 0.496 e. The van der Waals surface area contributed by atoms with E-state index in [2.05, 4.69) is 71.9 Å². The summed E-state index contributed by atoms with van der Waals surface area (Å²) in [6, 6.07) is 11.2. The van der Waals surface area contributed by atoms with Gasteiger partial charge in [0, 0.05) is 17.2 Å². The molecule has 0 N–H and O–H groups in total. The van der Waals surface area contributed by atoms with Crippen molar-refractivity contribution in [2.24, 2.45) is 0 Å². The number of pyridine rings is 1. The Balaban J connectivity index is 1.44. The second-order valence-corrected chi connectivity index (χ2v) is 10.6. The molecule has 2 fully saturated rings. The summed E-state index contributed by atoms with van der Waals surface area (Å²) < 4.78 is 12.3. The van der Waals surface area contributed by atoms with E-state index in [0.717, 1.165) is 11.2 Å². The van der Waals surface area contributed by atoms with Crippen LogP contribution in [0.4, 0.5) is 0 Å². The molecular formula is C24H30BNO2. The quantitative estimate of drug-likeness (QED) is 0.710. The van der Waals surface area contributed by atoms with Crippen molar-refractivity contribution in [1.29, 1.82) is 0 Å². The van der Waals surface area contributed by atoms with E-state index in [1.165, 1.54) is 30.4 Å². The molecule has 28 heavy (non-hydrogen) atoms. The van der Waals surface area contributed by atoms with Gasteiger partial charge in [-0.3, -0.25) is 4.98 Å². The van der Waals surface area contributed by atoms with Crippen molar-refractivity contribution in [2.45, 2.75) is 82.8 Å². The third-order valence-electron chi connectivity index (χ3n) is 7.94. The maximum Gasteiger partial charge on any atom is 0.496 e. The fourth-order valence-corrected chi connectivity index (χ4v) is 5.47. The molecular weight excluding hydrogens is 345 g/mol. The zero-order chi connectivity index (χ0) is 19.9. The molecule has 2 aromatic rings. The van der Waals surface area contributed by atoms with Crippen LogP contribution in [0.5, 0.6) is 0 Å². The molecule has 1 saturated heterocycles. The van der Waals surface area contributed by atoms with E-state index in [4.69, 9.17) is 14.3 Å². The van der Waals surface area contributed by atoms with Crippen LogP contribution in [0.2, 0.25) is 0 Å². The van der Waals surface area contributed by atoms with Gasteiger partial charge in [0.15, 0.2) is 0 Å². The average molecular weight is 375 g/mol. The van der Waals surface area contributed by atoms with E-state index in [0.29, 0.717) is 10.8 Å². The summed E-state index contributed by atoms with van der Waals surface area (Å²) in [6.45, 7) is 13.2. The van der Waals surface area contributed by atoms with Crippen molar-refractivity contribution in [3.63, 3.8) is 0 Å². The van der Waals surface area contributed by atoms with Crippen LogP contribution in [-0.4, -0.2) is 23.3 Å². The van der Waals surface area contributed by atoms with Crippen LogP contribution >= 0.6 is 0 Å². The van der Waals surface area contributed by atoms with Gasteiger partial charge in [0.1, 0.15) is 0 Å². The Kier molecular flexibility index (Phi) is 3.60. The Morgan fingerprint density at radius 1 is 0.821 bits per heavy atom. The van der Waals surface area contributed by atoms with Gasteiger partial charge in [0.05, 0.1) is 16.9 Å². The molecule has 4 heteroatoms. The van der Waals surface area contributed by atoms with Gasteiger partial charge >= 0.3 is 7.12 Å². The first-order chi connectivity index (χ1) is 13.0. The predicted molar refractivity (Wildman–Crippen MR) is 114 cm³/mol. The van der Waals surface area contributed by atoms with E-state index < -0.39 is 0 Å². The molecule has 2 unspecified atom stereocenters. The lowest BCUT2D eigenvalue weighted by molar-refractivity contribution is 0.00578. The minimum atomic E-state index is -0.360. The number of benzene rings is 1. The number of aromatic nitrogens is 1. The first kappa shape index (κ1) is 18.4. The van der Waals surface area contributed by atoms with Crippen molar-refractivity contribution < 1.29 is 9.31 Å². The Morgan fingerprint density at radius 2 is 1.46 bits per heavy atom. The standard InChI is InChI=1S/C24H30BNO2/c1-21(2)22(3,4)28-25(27-21)17-8-10-20(26-14-17)16-7-9-18-19(13-16)24(6)12-11-23(18,5)15-24/h7-10,13-14H,11-12,15H2,1-6H3. The Bertz CT molecular complexity index is 936. The van der Waals surface area contributed by atoms with E-state index >= 15 is 0 Å². The Morgan fingerprint density at radius 3 is 2.07 bits per heavy atom. The third-order valence-corrected chi connectivity index (χ3v) is 7.94. The van der Waals surface area contributed by atoms with Crippen LogP contribution in [-0.2, 0) is 20.1 Å². The van der Waals surface area contributed by atoms with Gasteiger partial charge in [0.2, 0.25) is 0 Å². The number of rotatable bonds is 2. The summed E-state index contributed by atoms with van der Waals surface area (Å²) in [7, 11) is -0.360. The van der Waals surface area contributed by atoms with E-state index in [-0.39, 0.29) is 18.3 Å². The lowest BCUT2D eigenvalue weighted by Crippen LogP contribution is -2.41. The van der Waals surface area contributed by atoms with Crippen LogP contribution in [0, 0.1) is 0 Å². The number of nitrogens with zero attached hydrogens (tertiary/aromatic N) is 1. The first-order valence-electron chi connectivity index (χ1n) is 10.5. The van der Waals surface area contributed by atoms with E-state index in [1.54, 1.807) is 5.56 Å². The number of hydrogen-bond acceptors (Lipinski definition) is 3. The zero-order valence-corrected chi connectivity index (χ0v) is 17.9. The molecule has 1 aromatic heterocycles. The highest BCUT2D eigenvalue weighted by Crippen LogP contribution is 2.60. The third kappa shape index (κ3) is 2.47. The molecule has 2 heterocycles. The van der Waals surface area contributed by atoms with Crippen LogP contribution in [0.1, 0.15) is 71.9 Å². The van der Waals surface area contributed by atoms with Crippen LogP contribution in [0.3, 0.4) is 0 Å². The van der Waals surface area contributed by atoms with Gasteiger partial charge in [-0.1, -0.05) is 32.0 Å². The van der Waals surface area contributed by atoms with E-state index in [1.807, 2.05) is 6.20 Å². The molecule has 1 aliphatic heterocycles. The second kappa shape index (κ2) is 5.49. The smallest absolute Gasteiger partial charge is 0.399 e. The molecule has 2 bridgehead atoms. The first-order valence-corrected chi connectivity index (χ1v) is 10.5. The molecule has 1 aromatic carbocycles. The Labute approximate surface area is 169 Å². The zero-order valence-electron chi connectivity index (χ0n) is 17.9. The summed E-state index contributed by atoms with van der Waals surface area (Å²) in [5, 5.41) is 0. The summed E-state index contributed by atoms with van der Waals surface area (Å²) in [5.74, 6) is 0. The monoisotopic (exact) mass is 375 g/mol. The van der Waals surface area contributed by atoms with Crippen molar-refractivity contribution in [3.8, 4) is 11.3 Å². The second-order valence-electron chi connectivity index (χ2n) is 10.6. The molecule has 3 nitrogen and oxygen atoms in total. The molecule has 1 saturated carbocycles. The maximum atomic E-state index is 6.15. The highest BCUT2D eigenvalue weighted by atomic mass is 16.7. The van der Waals surface area contributed by atoms with Gasteiger partial charge in [-0.05, 0) is 81.0 Å². The predicted octanol–water partition coefficient (Wildman–Crippen LogP) is 4.76. The number of hydrogen-bond donors (Lipinski definition) is 0. The van der Waals surface area contributed by atoms with Crippen molar-refractivity contribution in [1.82, 2.24) is 4.98 Å². The van der Waals surface area contributed by atoms with Gasteiger partial charge in [-0.15, -0.1) is 0 Å². The lowest BCUT2D eigenvalue weighted by atomic mass is 9.77. The summed E-state index contributed by atoms with van der Waals surface area (Å²) in [6.07, 6.45) is 5.80. The summed E-state index contributed by atoms with van der Waals surface area (Å²) in [5.41, 5.74) is 6.33. The highest BCUT2D eigenvalue weighted by molar-refractivity contribution is 6.62. The van der Waals surface area contributed by atoms with Gasteiger partial charge in [0.25, 0.3) is 0 Å². The Hall–Kier alpha value is -1.65. The maximum absolute atomic E-state index is 6.15. The molecule has 5 rings (SSSR count). The van der Waals surface area contributed by atoms with Crippen LogP contribution in [0.15, 0.2) is 36.5 Å².